The molecule has 0 amide bonds. The maximum atomic E-state index is 2.38. The number of rotatable bonds is 3. The van der Waals surface area contributed by atoms with Crippen LogP contribution in [-0.4, -0.2) is 21.1 Å². The van der Waals surface area contributed by atoms with Gasteiger partial charge in [0.25, 0.3) is 0 Å². The molecule has 2 radical (unpaired) electrons. The Morgan fingerprint density at radius 3 is 2.11 bits per heavy atom. The van der Waals surface area contributed by atoms with Crippen molar-refractivity contribution in [1.29, 1.82) is 0 Å². The van der Waals surface area contributed by atoms with E-state index in [4.69, 9.17) is 0 Å². The van der Waals surface area contributed by atoms with Crippen LogP contribution < -0.4 is 0 Å². The Hall–Kier alpha value is 0.799. The van der Waals surface area contributed by atoms with E-state index < -0.39 is 0 Å². The molecule has 0 saturated carbocycles. The molecule has 1 heteroatoms. The topological polar surface area (TPSA) is 0 Å². The van der Waals surface area contributed by atoms with Crippen molar-refractivity contribution in [3.63, 3.8) is 0 Å². The summed E-state index contributed by atoms with van der Waals surface area (Å²) >= 11 is -0.0161. The Morgan fingerprint density at radius 2 is 1.78 bits per heavy atom. The third kappa shape index (κ3) is 8.80. The number of hydrogen-bond donors (Lipinski definition) is 0. The summed E-state index contributed by atoms with van der Waals surface area (Å²) in [5.41, 5.74) is 0. The summed E-state index contributed by atoms with van der Waals surface area (Å²) in [7, 11) is 0. The summed E-state index contributed by atoms with van der Waals surface area (Å²) in [4.78, 5) is 0. The average molecular weight is 233 g/mol. The number of unbranched alkanes of at least 4 members (excludes halogenated alkanes) is 1. The Balaban J connectivity index is 3.07. The average Bonchev–Trinajstić information content (AvgIpc) is 1.63. The van der Waals surface area contributed by atoms with Crippen molar-refractivity contribution in [1.82, 2.24) is 0 Å². The van der Waals surface area contributed by atoms with Crippen LogP contribution in [0.5, 0.6) is 0 Å². The van der Waals surface area contributed by atoms with Crippen molar-refractivity contribution < 1.29 is 0 Å². The molecule has 9 heavy (non-hydrogen) atoms. The molecule has 0 aromatic rings. The monoisotopic (exact) mass is 234 g/mol. The summed E-state index contributed by atoms with van der Waals surface area (Å²) in [5, 5.41) is 0. The molecule has 0 aliphatic rings. The normalized spacial score (nSPS) is 12.0. The Bertz CT molecular complexity index is 61.5. The van der Waals surface area contributed by atoms with Crippen LogP contribution in [0.3, 0.4) is 0 Å². The van der Waals surface area contributed by atoms with Gasteiger partial charge in [-0.05, 0) is 0 Å². The Kier molecular flexibility index (Phi) is 5.00. The van der Waals surface area contributed by atoms with Crippen molar-refractivity contribution in [2.24, 2.45) is 0 Å². The summed E-state index contributed by atoms with van der Waals surface area (Å²) in [6.45, 7) is 9.43. The molecule has 0 aliphatic carbocycles. The van der Waals surface area contributed by atoms with Gasteiger partial charge in [-0.25, -0.2) is 0 Å². The van der Waals surface area contributed by atoms with Crippen LogP contribution in [0.25, 0.3) is 0 Å². The minimum absolute atomic E-state index is 0.0161. The van der Waals surface area contributed by atoms with E-state index in [9.17, 15) is 0 Å². The van der Waals surface area contributed by atoms with Gasteiger partial charge in [0, 0.05) is 0 Å². The molecule has 0 spiro atoms. The minimum atomic E-state index is -0.0161. The van der Waals surface area contributed by atoms with Gasteiger partial charge in [0.15, 0.2) is 0 Å². The van der Waals surface area contributed by atoms with Crippen molar-refractivity contribution in [3.8, 4) is 0 Å². The van der Waals surface area contributed by atoms with Crippen LogP contribution in [0.4, 0.5) is 0 Å². The molecule has 0 N–H and O–H groups in total. The fraction of sp³-hybridized carbons (Fsp3) is 1.00. The molecule has 0 heterocycles. The maximum absolute atomic E-state index is 2.38. The molecule has 0 saturated heterocycles. The van der Waals surface area contributed by atoms with Crippen LogP contribution in [0.1, 0.15) is 40.5 Å². The Morgan fingerprint density at radius 1 is 1.22 bits per heavy atom. The van der Waals surface area contributed by atoms with Gasteiger partial charge < -0.3 is 0 Å². The van der Waals surface area contributed by atoms with E-state index in [2.05, 4.69) is 27.7 Å². The molecule has 0 aliphatic heterocycles. The SMILES string of the molecule is CCC[CH2][Sn][C](C)(C)C. The fourth-order valence-corrected chi connectivity index (χ4v) is 4.29. The quantitative estimate of drug-likeness (QED) is 0.518. The molecule has 0 atom stereocenters. The van der Waals surface area contributed by atoms with Gasteiger partial charge in [0.1, 0.15) is 0 Å². The second kappa shape index (κ2) is 4.59. The summed E-state index contributed by atoms with van der Waals surface area (Å²) < 4.78 is 2.29. The van der Waals surface area contributed by atoms with Gasteiger partial charge in [0.2, 0.25) is 0 Å². The first-order valence-corrected chi connectivity index (χ1v) is 7.26. The van der Waals surface area contributed by atoms with Crippen LogP contribution in [-0.2, 0) is 0 Å². The van der Waals surface area contributed by atoms with E-state index in [1.165, 1.54) is 12.8 Å². The van der Waals surface area contributed by atoms with E-state index in [0.29, 0.717) is 0 Å². The van der Waals surface area contributed by atoms with E-state index in [1.807, 2.05) is 0 Å². The molecule has 0 aromatic carbocycles. The van der Waals surface area contributed by atoms with Gasteiger partial charge in [0.05, 0.1) is 0 Å². The van der Waals surface area contributed by atoms with Crippen LogP contribution >= 0.6 is 0 Å². The van der Waals surface area contributed by atoms with Gasteiger partial charge in [-0.1, -0.05) is 0 Å². The molecular weight excluding hydrogens is 215 g/mol. The first kappa shape index (κ1) is 9.80. The third-order valence-electron chi connectivity index (χ3n) is 1.19. The van der Waals surface area contributed by atoms with Crippen LogP contribution in [0.15, 0.2) is 0 Å². The molecule has 0 rings (SSSR count). The molecule has 0 nitrogen and oxygen atoms in total. The Labute approximate surface area is 69.6 Å². The zero-order chi connectivity index (χ0) is 7.33. The van der Waals surface area contributed by atoms with E-state index in [0.717, 1.165) is 3.43 Å². The van der Waals surface area contributed by atoms with Crippen LogP contribution in [0.2, 0.25) is 7.87 Å². The third-order valence-corrected chi connectivity index (χ3v) is 5.94. The molecular formula is C8H18Sn. The van der Waals surface area contributed by atoms with Gasteiger partial charge >= 0.3 is 69.5 Å². The zero-order valence-corrected chi connectivity index (χ0v) is 9.98. The predicted molar refractivity (Wildman–Crippen MR) is 45.2 cm³/mol. The molecule has 54 valence electrons. The van der Waals surface area contributed by atoms with Gasteiger partial charge in [-0.15, -0.1) is 0 Å². The number of hydrogen-bond acceptors (Lipinski definition) is 0. The van der Waals surface area contributed by atoms with Gasteiger partial charge in [-0.2, -0.15) is 0 Å². The summed E-state index contributed by atoms with van der Waals surface area (Å²) in [6, 6.07) is 0. The van der Waals surface area contributed by atoms with Crippen molar-refractivity contribution in [3.05, 3.63) is 0 Å². The van der Waals surface area contributed by atoms with Crippen molar-refractivity contribution in [2.75, 3.05) is 0 Å². The fourth-order valence-electron chi connectivity index (χ4n) is 0.640. The second-order valence-electron chi connectivity index (χ2n) is 3.53. The first-order valence-electron chi connectivity index (χ1n) is 3.81. The first-order chi connectivity index (χ1) is 4.06. The predicted octanol–water partition coefficient (Wildman–Crippen LogP) is 3.13. The zero-order valence-electron chi connectivity index (χ0n) is 7.12. The van der Waals surface area contributed by atoms with Crippen LogP contribution in [0, 0.1) is 0 Å². The van der Waals surface area contributed by atoms with E-state index in [1.54, 1.807) is 4.44 Å². The van der Waals surface area contributed by atoms with Crippen molar-refractivity contribution >= 4 is 21.1 Å². The summed E-state index contributed by atoms with van der Waals surface area (Å²) in [6.07, 6.45) is 2.86. The molecule has 0 bridgehead atoms. The molecule has 0 aromatic heterocycles. The van der Waals surface area contributed by atoms with E-state index in [-0.39, 0.29) is 21.1 Å². The van der Waals surface area contributed by atoms with E-state index >= 15 is 0 Å². The van der Waals surface area contributed by atoms with Gasteiger partial charge in [-0.3, -0.25) is 0 Å². The molecule has 0 fully saturated rings. The van der Waals surface area contributed by atoms with Crippen molar-refractivity contribution in [2.45, 2.75) is 48.4 Å². The second-order valence-corrected chi connectivity index (χ2v) is 10.2. The molecule has 0 unspecified atom stereocenters. The standard InChI is InChI=1S/2C4H9.Sn/c1-4(2)3;1-3-4-2;/h1-3H3;1,3-4H2,2H3;. The summed E-state index contributed by atoms with van der Waals surface area (Å²) in [5.74, 6) is 0.